The molecule has 0 N–H and O–H groups in total. The van der Waals surface area contributed by atoms with Gasteiger partial charge >= 0.3 is 0 Å². The number of nitrogens with zero attached hydrogens (tertiary/aromatic N) is 6. The van der Waals surface area contributed by atoms with Crippen molar-refractivity contribution in [3.8, 4) is 79.1 Å². The maximum Gasteiger partial charge on any atom is 0.229 e. The van der Waals surface area contributed by atoms with E-state index in [1.165, 1.54) is 0 Å². The van der Waals surface area contributed by atoms with E-state index >= 15 is 0 Å². The van der Waals surface area contributed by atoms with Gasteiger partial charge in [-0.05, 0) is 45.7 Å². The minimum Gasteiger partial charge on any atom is -0.434 e. The number of benzene rings is 7. The molecule has 0 fully saturated rings. The van der Waals surface area contributed by atoms with Gasteiger partial charge in [-0.1, -0.05) is 170 Å². The molecule has 0 aliphatic heterocycles. The monoisotopic (exact) mass is 756 g/mol. The number of pyridine rings is 1. The number of hydrogen-bond acceptors (Lipinski definition) is 7. The van der Waals surface area contributed by atoms with Crippen LogP contribution in [0.25, 0.3) is 112 Å². The van der Waals surface area contributed by atoms with E-state index in [-0.39, 0.29) is 0 Å². The first-order valence-corrected chi connectivity index (χ1v) is 19.4. The van der Waals surface area contributed by atoms with Gasteiger partial charge in [0.2, 0.25) is 5.71 Å². The van der Waals surface area contributed by atoms with E-state index in [4.69, 9.17) is 34.3 Å². The highest BCUT2D eigenvalue weighted by molar-refractivity contribution is 6.07. The fraction of sp³-hybridized carbons (Fsp3) is 0. The molecule has 7 aromatic carbocycles. The molecular weight excluding hydrogens is 725 g/mol. The van der Waals surface area contributed by atoms with E-state index in [1.54, 1.807) is 0 Å². The van der Waals surface area contributed by atoms with Crippen LogP contribution >= 0.6 is 0 Å². The Kier molecular flexibility index (Phi) is 8.33. The zero-order valence-corrected chi connectivity index (χ0v) is 31.6. The number of furan rings is 1. The first-order valence-electron chi connectivity index (χ1n) is 19.4. The Morgan fingerprint density at radius 2 is 0.831 bits per heavy atom. The van der Waals surface area contributed by atoms with E-state index in [0.29, 0.717) is 45.8 Å². The fourth-order valence-corrected chi connectivity index (χ4v) is 7.57. The molecule has 276 valence electrons. The molecule has 4 heterocycles. The lowest BCUT2D eigenvalue weighted by molar-refractivity contribution is 0.653. The summed E-state index contributed by atoms with van der Waals surface area (Å²) >= 11 is 0. The van der Waals surface area contributed by atoms with Gasteiger partial charge in [0.15, 0.2) is 28.9 Å². The lowest BCUT2D eigenvalue weighted by Gasteiger charge is -2.10. The van der Waals surface area contributed by atoms with Gasteiger partial charge in [0.05, 0.1) is 5.39 Å². The van der Waals surface area contributed by atoms with Crippen molar-refractivity contribution in [1.82, 2.24) is 29.9 Å². The second-order valence-electron chi connectivity index (χ2n) is 14.4. The molecule has 0 radical (unpaired) electrons. The van der Waals surface area contributed by atoms with Gasteiger partial charge in [-0.2, -0.15) is 0 Å². The molecule has 0 spiro atoms. The minimum absolute atomic E-state index is 0.505. The molecule has 0 aliphatic rings. The van der Waals surface area contributed by atoms with Gasteiger partial charge in [0.1, 0.15) is 11.2 Å². The van der Waals surface area contributed by atoms with Crippen molar-refractivity contribution < 1.29 is 4.42 Å². The van der Waals surface area contributed by atoms with Crippen molar-refractivity contribution in [2.24, 2.45) is 0 Å². The van der Waals surface area contributed by atoms with Crippen LogP contribution in [-0.4, -0.2) is 29.9 Å². The smallest absolute Gasteiger partial charge is 0.229 e. The SMILES string of the molecule is c1ccc(-c2cccc(-c3nc(-c4ccccc4)nc(-c4ccc(-c5nc(-c6ccc7ccccc7c6)nc6c5oc5ncc(-c7ccccc7)cc56)cc4)n3)c2)cc1. The summed E-state index contributed by atoms with van der Waals surface area (Å²) in [6.45, 7) is 0. The largest absolute Gasteiger partial charge is 0.434 e. The molecule has 0 saturated carbocycles. The molecule has 0 amide bonds. The average molecular weight is 757 g/mol. The Hall–Kier alpha value is -8.16. The molecule has 11 rings (SSSR count). The Balaban J connectivity index is 1.05. The molecule has 0 bridgehead atoms. The Bertz CT molecular complexity index is 3310. The van der Waals surface area contributed by atoms with E-state index in [1.807, 2.05) is 121 Å². The molecule has 0 unspecified atom stereocenters. The van der Waals surface area contributed by atoms with Crippen LogP contribution in [0.1, 0.15) is 0 Å². The molecule has 7 heteroatoms. The molecule has 7 nitrogen and oxygen atoms in total. The van der Waals surface area contributed by atoms with Crippen molar-refractivity contribution in [2.75, 3.05) is 0 Å². The molecule has 0 saturated heterocycles. The predicted octanol–water partition coefficient (Wildman–Crippen LogP) is 12.8. The number of rotatable bonds is 7. The number of aromatic nitrogens is 6. The number of fused-ring (bicyclic) bond motifs is 4. The van der Waals surface area contributed by atoms with Crippen molar-refractivity contribution >= 4 is 33.0 Å². The Morgan fingerprint density at radius 3 is 1.54 bits per heavy atom. The fourth-order valence-electron chi connectivity index (χ4n) is 7.57. The first-order chi connectivity index (χ1) is 29.2. The summed E-state index contributed by atoms with van der Waals surface area (Å²) in [4.78, 5) is 30.1. The van der Waals surface area contributed by atoms with E-state index in [0.717, 1.165) is 66.2 Å². The summed E-state index contributed by atoms with van der Waals surface area (Å²) < 4.78 is 6.51. The van der Waals surface area contributed by atoms with Gasteiger partial charge in [0, 0.05) is 39.6 Å². The Morgan fingerprint density at radius 1 is 0.322 bits per heavy atom. The lowest BCUT2D eigenvalue weighted by Crippen LogP contribution is -2.00. The summed E-state index contributed by atoms with van der Waals surface area (Å²) in [5.74, 6) is 2.36. The highest BCUT2D eigenvalue weighted by Gasteiger charge is 2.21. The summed E-state index contributed by atoms with van der Waals surface area (Å²) in [7, 11) is 0. The van der Waals surface area contributed by atoms with E-state index < -0.39 is 0 Å². The third-order valence-corrected chi connectivity index (χ3v) is 10.6. The zero-order valence-electron chi connectivity index (χ0n) is 31.6. The van der Waals surface area contributed by atoms with Crippen molar-refractivity contribution in [3.63, 3.8) is 0 Å². The Labute approximate surface area is 339 Å². The molecule has 59 heavy (non-hydrogen) atoms. The third kappa shape index (κ3) is 6.46. The van der Waals surface area contributed by atoms with Crippen LogP contribution in [-0.2, 0) is 0 Å². The van der Waals surface area contributed by atoms with Crippen molar-refractivity contribution in [3.05, 3.63) is 194 Å². The van der Waals surface area contributed by atoms with Crippen molar-refractivity contribution in [1.29, 1.82) is 0 Å². The molecular formula is C52H32N6O. The summed E-state index contributed by atoms with van der Waals surface area (Å²) in [5.41, 5.74) is 11.1. The molecule has 11 aromatic rings. The predicted molar refractivity (Wildman–Crippen MR) is 236 cm³/mol. The summed E-state index contributed by atoms with van der Waals surface area (Å²) in [6, 6.07) is 63.8. The van der Waals surface area contributed by atoms with Gasteiger partial charge in [-0.25, -0.2) is 29.9 Å². The van der Waals surface area contributed by atoms with Gasteiger partial charge in [-0.3, -0.25) is 0 Å². The summed E-state index contributed by atoms with van der Waals surface area (Å²) in [5, 5.41) is 3.09. The lowest BCUT2D eigenvalue weighted by atomic mass is 10.0. The van der Waals surface area contributed by atoms with Gasteiger partial charge in [-0.15, -0.1) is 0 Å². The van der Waals surface area contributed by atoms with Crippen molar-refractivity contribution in [2.45, 2.75) is 0 Å². The highest BCUT2D eigenvalue weighted by atomic mass is 16.3. The quantitative estimate of drug-likeness (QED) is 0.160. The van der Waals surface area contributed by atoms with Crippen LogP contribution in [0.2, 0.25) is 0 Å². The van der Waals surface area contributed by atoms with Gasteiger partial charge in [0.25, 0.3) is 0 Å². The highest BCUT2D eigenvalue weighted by Crippen LogP contribution is 2.38. The molecule has 4 aromatic heterocycles. The standard InChI is InChI=1S/C52H32N6O/c1-4-13-33(14-5-1)40-21-12-22-41(29-40)51-57-48(37-18-8-3-9-19-37)56-49(58-51)38-26-24-36(25-27-38)45-47-46(44-31-43(32-53-52(44)59-47)34-15-6-2-7-16-34)55-50(54-45)42-28-23-35-17-10-11-20-39(35)30-42/h1-32H. The third-order valence-electron chi connectivity index (χ3n) is 10.6. The maximum absolute atomic E-state index is 6.51. The van der Waals surface area contributed by atoms with Crippen LogP contribution in [0.5, 0.6) is 0 Å². The van der Waals surface area contributed by atoms with Crippen LogP contribution in [0.15, 0.2) is 199 Å². The molecule has 0 atom stereocenters. The van der Waals surface area contributed by atoms with E-state index in [2.05, 4.69) is 72.8 Å². The van der Waals surface area contributed by atoms with Crippen LogP contribution < -0.4 is 0 Å². The average Bonchev–Trinajstić information content (AvgIpc) is 3.70. The zero-order chi connectivity index (χ0) is 39.1. The maximum atomic E-state index is 6.51. The van der Waals surface area contributed by atoms with Crippen LogP contribution in [0, 0.1) is 0 Å². The normalized spacial score (nSPS) is 11.4. The topological polar surface area (TPSA) is 90.5 Å². The van der Waals surface area contributed by atoms with Gasteiger partial charge < -0.3 is 4.42 Å². The second-order valence-corrected chi connectivity index (χ2v) is 14.4. The minimum atomic E-state index is 0.505. The molecule has 0 aliphatic carbocycles. The second kappa shape index (κ2) is 14.4. The van der Waals surface area contributed by atoms with Crippen LogP contribution in [0.4, 0.5) is 0 Å². The first kappa shape index (κ1) is 34.1. The van der Waals surface area contributed by atoms with E-state index in [9.17, 15) is 0 Å². The van der Waals surface area contributed by atoms with Crippen LogP contribution in [0.3, 0.4) is 0 Å². The number of hydrogen-bond donors (Lipinski definition) is 0. The summed E-state index contributed by atoms with van der Waals surface area (Å²) in [6.07, 6.45) is 1.84.